The lowest BCUT2D eigenvalue weighted by molar-refractivity contribution is -0.0779. The third kappa shape index (κ3) is 7.42. The molecule has 2 aromatic carbocycles. The summed E-state index contributed by atoms with van der Waals surface area (Å²) in [4.78, 5) is 13.2. The van der Waals surface area contributed by atoms with Crippen LogP contribution in [0.3, 0.4) is 0 Å². The summed E-state index contributed by atoms with van der Waals surface area (Å²) in [5, 5.41) is -1.46. The molecule has 3 atom stereocenters. The maximum atomic E-state index is 16.2. The van der Waals surface area contributed by atoms with Gasteiger partial charge in [0.05, 0.1) is 34.8 Å². The monoisotopic (exact) mass is 542 g/mol. The summed E-state index contributed by atoms with van der Waals surface area (Å²) in [6, 6.07) is 14.1. The lowest BCUT2D eigenvalue weighted by Crippen LogP contribution is -2.48. The van der Waals surface area contributed by atoms with Crippen molar-refractivity contribution in [1.82, 2.24) is 0 Å². The van der Waals surface area contributed by atoms with Crippen molar-refractivity contribution in [2.45, 2.75) is 63.0 Å². The van der Waals surface area contributed by atoms with Gasteiger partial charge in [0, 0.05) is 4.90 Å². The smallest absolute Gasteiger partial charge is 0.403 e. The van der Waals surface area contributed by atoms with Gasteiger partial charge in [-0.1, -0.05) is 47.5 Å². The Morgan fingerprint density at radius 3 is 2.08 bits per heavy atom. The van der Waals surface area contributed by atoms with E-state index in [1.807, 2.05) is 6.92 Å². The van der Waals surface area contributed by atoms with Crippen LogP contribution in [-0.4, -0.2) is 40.4 Å². The normalized spacial score (nSPS) is 14.5. The fraction of sp³-hybridized carbons (Fsp3) is 0.423. The number of halogens is 2. The number of hydrogen-bond acceptors (Lipinski definition) is 6. The van der Waals surface area contributed by atoms with Crippen LogP contribution >= 0.6 is 7.60 Å². The zero-order chi connectivity index (χ0) is 26.9. The van der Waals surface area contributed by atoms with E-state index >= 15 is 8.78 Å². The molecule has 0 spiro atoms. The van der Waals surface area contributed by atoms with Crippen LogP contribution in [0.25, 0.3) is 0 Å². The van der Waals surface area contributed by atoms with Crippen molar-refractivity contribution in [3.63, 3.8) is 0 Å². The fourth-order valence-corrected chi connectivity index (χ4v) is 6.58. The van der Waals surface area contributed by atoms with Crippen molar-refractivity contribution >= 4 is 24.4 Å². The van der Waals surface area contributed by atoms with Crippen LogP contribution in [0.4, 0.5) is 8.78 Å². The maximum Gasteiger partial charge on any atom is 0.403 e. The molecule has 0 heterocycles. The van der Waals surface area contributed by atoms with Crippen molar-refractivity contribution in [2.75, 3.05) is 13.2 Å². The van der Waals surface area contributed by atoms with Crippen molar-refractivity contribution in [3.8, 4) is 0 Å². The average molecular weight is 543 g/mol. The molecular formula is C26H33F2O6PS. The molecule has 0 amide bonds. The molecule has 36 heavy (non-hydrogen) atoms. The standard InChI is InChI=1S/C26H33F2O6PS/c1-6-32-35(30,33-7-2)26(27,28)24(34-25(29)21-11-9-8-10-12-21)23(18-13-19(3)4)36(31)22-16-14-20(5)15-17-22/h8-17,23-24H,6-7,18H2,1-5H3/t23-,24+,36-/m0/s1. The molecule has 2 aromatic rings. The molecule has 0 aliphatic rings. The SMILES string of the molecule is CCOP(=O)(OCC)C(F)(F)[C@H](OC(=O)c1ccccc1)[C@H](CC=C(C)C)[S@@](=O)c1ccc(C)cc1. The predicted octanol–water partition coefficient (Wildman–Crippen LogP) is 6.91. The first-order valence-electron chi connectivity index (χ1n) is 11.6. The Hall–Kier alpha value is -2.19. The van der Waals surface area contributed by atoms with Gasteiger partial charge in [0.25, 0.3) is 0 Å². The van der Waals surface area contributed by atoms with Gasteiger partial charge in [-0.2, -0.15) is 8.78 Å². The van der Waals surface area contributed by atoms with Crippen LogP contribution in [0, 0.1) is 6.92 Å². The molecule has 198 valence electrons. The van der Waals surface area contributed by atoms with Gasteiger partial charge in [0.2, 0.25) is 0 Å². The third-order valence-corrected chi connectivity index (χ3v) is 9.08. The van der Waals surface area contributed by atoms with Gasteiger partial charge in [-0.15, -0.1) is 0 Å². The molecule has 0 saturated carbocycles. The molecule has 0 fully saturated rings. The fourth-order valence-electron chi connectivity index (χ4n) is 3.36. The number of allylic oxidation sites excluding steroid dienone is 2. The van der Waals surface area contributed by atoms with Gasteiger partial charge >= 0.3 is 19.2 Å². The van der Waals surface area contributed by atoms with Crippen molar-refractivity contribution in [1.29, 1.82) is 0 Å². The van der Waals surface area contributed by atoms with E-state index in [0.29, 0.717) is 0 Å². The Labute approximate surface area is 214 Å². The van der Waals surface area contributed by atoms with Crippen molar-refractivity contribution in [3.05, 3.63) is 77.4 Å². The van der Waals surface area contributed by atoms with E-state index in [2.05, 4.69) is 0 Å². The molecule has 0 radical (unpaired) electrons. The highest BCUT2D eigenvalue weighted by Crippen LogP contribution is 2.64. The van der Waals surface area contributed by atoms with Crippen LogP contribution in [-0.2, 0) is 29.1 Å². The topological polar surface area (TPSA) is 78.9 Å². The van der Waals surface area contributed by atoms with Crippen LogP contribution in [0.15, 0.2) is 71.1 Å². The molecule has 0 N–H and O–H groups in total. The summed E-state index contributed by atoms with van der Waals surface area (Å²) in [5.41, 5.74) is -2.60. The number of carbonyl (C=O) groups excluding carboxylic acids is 1. The van der Waals surface area contributed by atoms with Crippen LogP contribution in [0.2, 0.25) is 0 Å². The second-order valence-corrected chi connectivity index (χ2v) is 12.1. The zero-order valence-corrected chi connectivity index (χ0v) is 22.8. The minimum Gasteiger partial charge on any atom is -0.450 e. The van der Waals surface area contributed by atoms with Crippen LogP contribution < -0.4 is 0 Å². The van der Waals surface area contributed by atoms with Gasteiger partial charge in [-0.25, -0.2) is 4.79 Å². The lowest BCUT2D eigenvalue weighted by Gasteiger charge is -2.35. The van der Waals surface area contributed by atoms with E-state index in [1.165, 1.54) is 26.0 Å². The molecule has 0 unspecified atom stereocenters. The Kier molecular flexibility index (Phi) is 11.2. The lowest BCUT2D eigenvalue weighted by atomic mass is 10.1. The van der Waals surface area contributed by atoms with E-state index < -0.39 is 41.4 Å². The maximum absolute atomic E-state index is 16.2. The number of ether oxygens (including phenoxy) is 1. The first kappa shape index (κ1) is 30.0. The number of benzene rings is 2. The average Bonchev–Trinajstić information content (AvgIpc) is 2.84. The number of rotatable bonds is 13. The first-order valence-corrected chi connectivity index (χ1v) is 14.4. The quantitative estimate of drug-likeness (QED) is 0.155. The van der Waals surface area contributed by atoms with E-state index in [9.17, 15) is 13.6 Å². The van der Waals surface area contributed by atoms with Crippen LogP contribution in [0.5, 0.6) is 0 Å². The minimum atomic E-state index is -5.13. The molecule has 0 aliphatic carbocycles. The van der Waals surface area contributed by atoms with Gasteiger partial charge in [0.1, 0.15) is 0 Å². The minimum absolute atomic E-state index is 0.0167. The Morgan fingerprint density at radius 1 is 1.03 bits per heavy atom. The molecule has 6 nitrogen and oxygen atoms in total. The molecule has 10 heteroatoms. The Balaban J connectivity index is 2.68. The van der Waals surface area contributed by atoms with Gasteiger partial charge < -0.3 is 13.8 Å². The summed E-state index contributed by atoms with van der Waals surface area (Å²) < 4.78 is 74.6. The second kappa shape index (κ2) is 13.4. The largest absolute Gasteiger partial charge is 0.450 e. The highest BCUT2D eigenvalue weighted by Gasteiger charge is 2.63. The Morgan fingerprint density at radius 2 is 1.58 bits per heavy atom. The molecule has 0 bridgehead atoms. The summed E-state index contributed by atoms with van der Waals surface area (Å²) in [6.45, 7) is 7.51. The number of alkyl halides is 2. The van der Waals surface area contributed by atoms with E-state index in [4.69, 9.17) is 13.8 Å². The molecule has 0 aliphatic heterocycles. The van der Waals surface area contributed by atoms with Gasteiger partial charge in [-0.05, 0) is 65.3 Å². The van der Waals surface area contributed by atoms with Gasteiger partial charge in [0.15, 0.2) is 6.10 Å². The molecule has 0 aromatic heterocycles. The van der Waals surface area contributed by atoms with Gasteiger partial charge in [-0.3, -0.25) is 8.77 Å². The highest BCUT2D eigenvalue weighted by molar-refractivity contribution is 7.85. The number of hydrogen-bond donors (Lipinski definition) is 0. The molecule has 0 saturated heterocycles. The summed E-state index contributed by atoms with van der Waals surface area (Å²) in [5.74, 6) is -1.07. The second-order valence-electron chi connectivity index (χ2n) is 8.28. The van der Waals surface area contributed by atoms with Crippen molar-refractivity contribution < 1.29 is 36.1 Å². The zero-order valence-electron chi connectivity index (χ0n) is 21.1. The number of aryl methyl sites for hydroxylation is 1. The van der Waals surface area contributed by atoms with Crippen molar-refractivity contribution in [2.24, 2.45) is 0 Å². The predicted molar refractivity (Wildman–Crippen MR) is 137 cm³/mol. The number of carbonyl (C=O) groups is 1. The van der Waals surface area contributed by atoms with E-state index in [1.54, 1.807) is 62.4 Å². The highest BCUT2D eigenvalue weighted by atomic mass is 32.2. The third-order valence-electron chi connectivity index (χ3n) is 5.17. The molecule has 2 rings (SSSR count). The van der Waals surface area contributed by atoms with E-state index in [0.717, 1.165) is 11.1 Å². The summed E-state index contributed by atoms with van der Waals surface area (Å²) in [6.07, 6.45) is -0.891. The summed E-state index contributed by atoms with van der Waals surface area (Å²) >= 11 is 0. The van der Waals surface area contributed by atoms with E-state index in [-0.39, 0.29) is 30.1 Å². The molecular weight excluding hydrogens is 509 g/mol. The summed E-state index contributed by atoms with van der Waals surface area (Å²) in [7, 11) is -7.20. The first-order chi connectivity index (χ1) is 17.0. The Bertz CT molecular complexity index is 1090. The van der Waals surface area contributed by atoms with Crippen LogP contribution in [0.1, 0.15) is 50.0 Å². The number of esters is 1.